The van der Waals surface area contributed by atoms with Gasteiger partial charge in [-0.25, -0.2) is 9.59 Å². The van der Waals surface area contributed by atoms with E-state index in [1.54, 1.807) is 58.3 Å². The van der Waals surface area contributed by atoms with Crippen molar-refractivity contribution in [1.82, 2.24) is 36.4 Å². The van der Waals surface area contributed by atoms with Gasteiger partial charge in [0.05, 0.1) is 0 Å². The summed E-state index contributed by atoms with van der Waals surface area (Å²) in [6.45, 7) is 18.3. The molecule has 2 aliphatic rings. The maximum atomic E-state index is 14.4. The molecule has 0 aliphatic carbocycles. The van der Waals surface area contributed by atoms with Crippen LogP contribution in [0.2, 0.25) is 0 Å². The highest BCUT2D eigenvalue weighted by Gasteiger charge is 2.51. The van der Waals surface area contributed by atoms with Crippen LogP contribution in [0.3, 0.4) is 0 Å². The van der Waals surface area contributed by atoms with Crippen LogP contribution in [0, 0.1) is 11.3 Å². The lowest BCUT2D eigenvalue weighted by molar-refractivity contribution is -0.147. The number of ether oxygens (including phenoxy) is 2. The Morgan fingerprint density at radius 1 is 0.625 bits per heavy atom. The van der Waals surface area contributed by atoms with E-state index in [0.717, 1.165) is 17.5 Å². The molecular weight excluding hydrogens is 819 g/mol. The Kier molecular flexibility index (Phi) is 18.2. The quantitative estimate of drug-likeness (QED) is 0.125. The van der Waals surface area contributed by atoms with Gasteiger partial charge in [-0.3, -0.25) is 24.0 Å². The molecule has 1 spiro atoms. The Morgan fingerprint density at radius 3 is 1.59 bits per heavy atom. The fourth-order valence-corrected chi connectivity index (χ4v) is 7.92. The summed E-state index contributed by atoms with van der Waals surface area (Å²) in [5, 5.41) is 14.1. The Hall–Kier alpha value is -5.67. The van der Waals surface area contributed by atoms with E-state index in [9.17, 15) is 33.6 Å². The van der Waals surface area contributed by atoms with Crippen molar-refractivity contribution in [2.45, 2.75) is 143 Å². The van der Waals surface area contributed by atoms with Gasteiger partial charge in [0.25, 0.3) is 0 Å². The summed E-state index contributed by atoms with van der Waals surface area (Å²) in [4.78, 5) is 97.8. The third-order valence-electron chi connectivity index (χ3n) is 11.0. The molecule has 64 heavy (non-hydrogen) atoms. The largest absolute Gasteiger partial charge is 0.444 e. The second-order valence-electron chi connectivity index (χ2n) is 19.7. The zero-order valence-corrected chi connectivity index (χ0v) is 39.2. The Morgan fingerprint density at radius 2 is 1.09 bits per heavy atom. The number of hydrogen-bond acceptors (Lipinski definition) is 9. The van der Waals surface area contributed by atoms with E-state index in [-0.39, 0.29) is 48.8 Å². The summed E-state index contributed by atoms with van der Waals surface area (Å²) in [6.07, 6.45) is 1.14. The maximum Gasteiger partial charge on any atom is 0.408 e. The van der Waals surface area contributed by atoms with Crippen LogP contribution in [0.15, 0.2) is 60.7 Å². The molecule has 0 bridgehead atoms. The molecule has 0 unspecified atom stereocenters. The molecular formula is C48H71N7O9. The van der Waals surface area contributed by atoms with Gasteiger partial charge in [-0.1, -0.05) is 74.5 Å². The number of amides is 7. The van der Waals surface area contributed by atoms with Gasteiger partial charge >= 0.3 is 12.2 Å². The van der Waals surface area contributed by atoms with Gasteiger partial charge in [0, 0.05) is 57.9 Å². The SMILES string of the molecule is CC(=O)N1CCC2(C1)CN(C(=O)[C@@H](CCCCNC(=O)OC(C)(C)C)NC(=O)[C@@H](CC(C)C)NC(=O)[C@@H](Cc1ccccc1)NC(=O)[C@@H](Cc1ccccc1)NC(=O)OC(C)(C)C)C2. The fourth-order valence-electron chi connectivity index (χ4n) is 7.92. The standard InChI is InChI=1S/C48H71N7O9/c1-32(2)26-37(40(57)50-36(22-16-17-24-49-44(61)63-46(4,5)6)43(60)55-30-48(31-55)23-25-54(29-48)33(3)56)51-41(58)38(27-34-18-12-10-13-19-34)52-42(59)39(28-35-20-14-11-15-21-35)53-45(62)64-47(7,8)9/h10-15,18-21,32,36-39H,16-17,22-31H2,1-9H3,(H,49,61)(H,50,57)(H,51,58)(H,52,59)(H,53,62)/t36-,37-,38-,39-/m1/s1. The molecule has 352 valence electrons. The normalized spacial score (nSPS) is 16.4. The Balaban J connectivity index is 1.53. The summed E-state index contributed by atoms with van der Waals surface area (Å²) in [5.74, 6) is -2.11. The molecule has 7 amide bonds. The van der Waals surface area contributed by atoms with Crippen LogP contribution in [0.1, 0.15) is 106 Å². The first-order valence-electron chi connectivity index (χ1n) is 22.5. The minimum atomic E-state index is -1.16. The van der Waals surface area contributed by atoms with Crippen LogP contribution >= 0.6 is 0 Å². The van der Waals surface area contributed by atoms with E-state index in [4.69, 9.17) is 9.47 Å². The van der Waals surface area contributed by atoms with E-state index >= 15 is 0 Å². The second kappa shape index (κ2) is 22.8. The van der Waals surface area contributed by atoms with Gasteiger partial charge in [-0.05, 0) is 90.7 Å². The molecule has 2 aromatic rings. The van der Waals surface area contributed by atoms with E-state index in [1.165, 1.54) is 0 Å². The van der Waals surface area contributed by atoms with E-state index in [0.29, 0.717) is 45.6 Å². The van der Waals surface area contributed by atoms with Crippen molar-refractivity contribution >= 4 is 41.7 Å². The molecule has 16 heteroatoms. The molecule has 2 aliphatic heterocycles. The highest BCUT2D eigenvalue weighted by molar-refractivity contribution is 5.95. The average molecular weight is 890 g/mol. The van der Waals surface area contributed by atoms with Gasteiger partial charge < -0.3 is 45.9 Å². The van der Waals surface area contributed by atoms with Gasteiger partial charge in [-0.2, -0.15) is 0 Å². The first-order valence-corrected chi connectivity index (χ1v) is 22.5. The zero-order chi connectivity index (χ0) is 47.2. The van der Waals surface area contributed by atoms with Crippen LogP contribution < -0.4 is 26.6 Å². The molecule has 2 heterocycles. The van der Waals surface area contributed by atoms with Crippen LogP contribution in [-0.2, 0) is 46.3 Å². The topological polar surface area (TPSA) is 205 Å². The van der Waals surface area contributed by atoms with Crippen molar-refractivity contribution in [2.24, 2.45) is 11.3 Å². The summed E-state index contributed by atoms with van der Waals surface area (Å²) >= 11 is 0. The summed E-state index contributed by atoms with van der Waals surface area (Å²) in [6, 6.07) is 14.0. The maximum absolute atomic E-state index is 14.4. The minimum Gasteiger partial charge on any atom is -0.444 e. The summed E-state index contributed by atoms with van der Waals surface area (Å²) in [7, 11) is 0. The van der Waals surface area contributed by atoms with Crippen molar-refractivity contribution in [3.63, 3.8) is 0 Å². The fraction of sp³-hybridized carbons (Fsp3) is 0.604. The monoisotopic (exact) mass is 890 g/mol. The third-order valence-corrected chi connectivity index (χ3v) is 11.0. The van der Waals surface area contributed by atoms with E-state index in [1.807, 2.05) is 74.5 Å². The molecule has 16 nitrogen and oxygen atoms in total. The number of unbranched alkanes of at least 4 members (excludes halogenated alkanes) is 1. The lowest BCUT2D eigenvalue weighted by Gasteiger charge is -2.49. The highest BCUT2D eigenvalue weighted by Crippen LogP contribution is 2.40. The molecule has 0 saturated carbocycles. The van der Waals surface area contributed by atoms with Crippen molar-refractivity contribution < 1.29 is 43.0 Å². The molecule has 5 N–H and O–H groups in total. The smallest absolute Gasteiger partial charge is 0.408 e. The van der Waals surface area contributed by atoms with Crippen molar-refractivity contribution in [1.29, 1.82) is 0 Å². The van der Waals surface area contributed by atoms with Crippen LogP contribution in [0.5, 0.6) is 0 Å². The zero-order valence-electron chi connectivity index (χ0n) is 39.2. The first kappa shape index (κ1) is 51.0. The second-order valence-corrected chi connectivity index (χ2v) is 19.7. The van der Waals surface area contributed by atoms with Gasteiger partial charge in [-0.15, -0.1) is 0 Å². The van der Waals surface area contributed by atoms with E-state index in [2.05, 4.69) is 26.6 Å². The third kappa shape index (κ3) is 16.8. The predicted octanol–water partition coefficient (Wildman–Crippen LogP) is 4.64. The van der Waals surface area contributed by atoms with Gasteiger partial charge in [0.15, 0.2) is 0 Å². The number of hydrogen-bond donors (Lipinski definition) is 5. The lowest BCUT2D eigenvalue weighted by atomic mass is 9.78. The average Bonchev–Trinajstić information content (AvgIpc) is 3.65. The van der Waals surface area contributed by atoms with Crippen molar-refractivity contribution in [2.75, 3.05) is 32.7 Å². The lowest BCUT2D eigenvalue weighted by Crippen LogP contribution is -2.64. The van der Waals surface area contributed by atoms with Gasteiger partial charge in [0.1, 0.15) is 35.4 Å². The highest BCUT2D eigenvalue weighted by atomic mass is 16.6. The number of rotatable bonds is 19. The molecule has 2 fully saturated rings. The number of likely N-dealkylation sites (tertiary alicyclic amines) is 2. The minimum absolute atomic E-state index is 0.0000612. The van der Waals surface area contributed by atoms with Crippen molar-refractivity contribution in [3.05, 3.63) is 71.8 Å². The molecule has 0 radical (unpaired) electrons. The molecule has 4 rings (SSSR count). The van der Waals surface area contributed by atoms with Crippen LogP contribution in [0.4, 0.5) is 9.59 Å². The van der Waals surface area contributed by atoms with Crippen LogP contribution in [-0.4, -0.2) is 120 Å². The summed E-state index contributed by atoms with van der Waals surface area (Å²) in [5.41, 5.74) is -0.134. The number of benzene rings is 2. The molecule has 0 aromatic heterocycles. The van der Waals surface area contributed by atoms with Crippen molar-refractivity contribution in [3.8, 4) is 0 Å². The van der Waals surface area contributed by atoms with Gasteiger partial charge in [0.2, 0.25) is 29.5 Å². The number of carbonyl (C=O) groups is 7. The number of alkyl carbamates (subject to hydrolysis) is 2. The van der Waals surface area contributed by atoms with Crippen LogP contribution in [0.25, 0.3) is 0 Å². The molecule has 4 atom stereocenters. The summed E-state index contributed by atoms with van der Waals surface area (Å²) < 4.78 is 10.8. The molecule has 2 saturated heterocycles. The number of nitrogens with one attached hydrogen (secondary N) is 5. The predicted molar refractivity (Wildman–Crippen MR) is 243 cm³/mol. The van der Waals surface area contributed by atoms with E-state index < -0.39 is 65.3 Å². The Labute approximate surface area is 378 Å². The first-order chi connectivity index (χ1) is 30.0. The Bertz CT molecular complexity index is 1910. The number of carbonyl (C=O) groups excluding carboxylic acids is 7. The molecule has 2 aromatic carbocycles. The number of nitrogens with zero attached hydrogens (tertiary/aromatic N) is 2.